The molecule has 0 atom stereocenters. The van der Waals surface area contributed by atoms with Gasteiger partial charge in [0, 0.05) is 19.1 Å². The molecule has 0 radical (unpaired) electrons. The van der Waals surface area contributed by atoms with Crippen LogP contribution in [-0.2, 0) is 23.7 Å². The van der Waals surface area contributed by atoms with E-state index in [1.165, 1.54) is 0 Å². The first-order valence-corrected chi connectivity index (χ1v) is 8.86. The summed E-state index contributed by atoms with van der Waals surface area (Å²) in [7, 11) is -1.95. The minimum atomic E-state index is -3.89. The second-order valence-electron chi connectivity index (χ2n) is 5.01. The van der Waals surface area contributed by atoms with Gasteiger partial charge in [-0.1, -0.05) is 23.2 Å². The Kier molecular flexibility index (Phi) is 4.82. The summed E-state index contributed by atoms with van der Waals surface area (Å²) < 4.78 is 34.3. The Balaban J connectivity index is 2.27. The molecule has 0 saturated heterocycles. The van der Waals surface area contributed by atoms with E-state index in [1.54, 1.807) is 0 Å². The van der Waals surface area contributed by atoms with Crippen molar-refractivity contribution in [3.05, 3.63) is 28.0 Å². The van der Waals surface area contributed by atoms with E-state index in [9.17, 15) is 8.42 Å². The van der Waals surface area contributed by atoms with Gasteiger partial charge in [0.2, 0.25) is 0 Å². The lowest BCUT2D eigenvalue weighted by molar-refractivity contribution is -0.678. The van der Waals surface area contributed by atoms with Crippen LogP contribution in [0.25, 0.3) is 11.0 Å². The van der Waals surface area contributed by atoms with Crippen LogP contribution in [0.1, 0.15) is 18.7 Å². The van der Waals surface area contributed by atoms with E-state index in [0.29, 0.717) is 29.4 Å². The predicted octanol–water partition coefficient (Wildman–Crippen LogP) is 2.75. The molecule has 1 heterocycles. The molecule has 2 aromatic rings. The largest absolute Gasteiger partial charge is 0.286 e. The van der Waals surface area contributed by atoms with E-state index in [1.807, 2.05) is 30.7 Å². The van der Waals surface area contributed by atoms with Crippen LogP contribution >= 0.6 is 23.2 Å². The van der Waals surface area contributed by atoms with Crippen molar-refractivity contribution >= 4 is 44.4 Å². The first-order valence-electron chi connectivity index (χ1n) is 6.50. The third kappa shape index (κ3) is 3.69. The van der Waals surface area contributed by atoms with Gasteiger partial charge in [-0.25, -0.2) is 9.13 Å². The molecule has 21 heavy (non-hydrogen) atoms. The molecular weight excluding hydrogens is 335 g/mol. The lowest BCUT2D eigenvalue weighted by atomic mass is 10.3. The van der Waals surface area contributed by atoms with Gasteiger partial charge < -0.3 is 0 Å². The molecule has 0 unspecified atom stereocenters. The smallest absolute Gasteiger partial charge is 0.264 e. The van der Waals surface area contributed by atoms with Gasteiger partial charge in [-0.15, -0.1) is 0 Å². The zero-order chi connectivity index (χ0) is 15.8. The standard InChI is InChI=1S/C13H16Cl2N2O3S/c1-9-16(2)12-7-10(14)11(15)8-13(12)17(9)5-3-4-6-21(18,19)20/h7-8H,3-6H2,1-2H3/p+1. The maximum atomic E-state index is 10.7. The topological polar surface area (TPSA) is 63.2 Å². The number of aryl methyl sites for hydroxylation is 2. The first kappa shape index (κ1) is 16.5. The van der Waals surface area contributed by atoms with Crippen LogP contribution in [0.2, 0.25) is 10.0 Å². The van der Waals surface area contributed by atoms with Crippen molar-refractivity contribution in [1.82, 2.24) is 4.57 Å². The number of halogens is 2. The Morgan fingerprint density at radius 1 is 1.24 bits per heavy atom. The highest BCUT2D eigenvalue weighted by Gasteiger charge is 2.20. The number of benzene rings is 1. The molecule has 0 bridgehead atoms. The first-order chi connectivity index (χ1) is 9.70. The Morgan fingerprint density at radius 3 is 2.48 bits per heavy atom. The van der Waals surface area contributed by atoms with Crippen LogP contribution in [-0.4, -0.2) is 23.3 Å². The van der Waals surface area contributed by atoms with E-state index >= 15 is 0 Å². The average Bonchev–Trinajstić information content (AvgIpc) is 2.59. The Morgan fingerprint density at radius 2 is 1.86 bits per heavy atom. The van der Waals surface area contributed by atoms with Crippen LogP contribution in [0.3, 0.4) is 0 Å². The van der Waals surface area contributed by atoms with Crippen LogP contribution < -0.4 is 4.57 Å². The maximum absolute atomic E-state index is 10.7. The van der Waals surface area contributed by atoms with Crippen molar-refractivity contribution in [2.45, 2.75) is 26.3 Å². The molecule has 0 spiro atoms. The molecule has 5 nitrogen and oxygen atoms in total. The lowest BCUT2D eigenvalue weighted by Crippen LogP contribution is -2.36. The molecule has 0 aliphatic rings. The molecular formula is C13H17Cl2N2O3S+. The molecule has 0 saturated carbocycles. The minimum absolute atomic E-state index is 0.218. The van der Waals surface area contributed by atoms with Crippen molar-refractivity contribution in [2.24, 2.45) is 7.05 Å². The van der Waals surface area contributed by atoms with Crippen molar-refractivity contribution in [1.29, 1.82) is 0 Å². The van der Waals surface area contributed by atoms with E-state index in [-0.39, 0.29) is 5.75 Å². The van der Waals surface area contributed by atoms with Gasteiger partial charge in [-0.05, 0) is 12.8 Å². The Bertz CT molecular complexity index is 785. The molecule has 0 amide bonds. The van der Waals surface area contributed by atoms with Crippen LogP contribution in [0.15, 0.2) is 12.1 Å². The van der Waals surface area contributed by atoms with Crippen LogP contribution in [0.5, 0.6) is 0 Å². The number of nitrogens with zero attached hydrogens (tertiary/aromatic N) is 2. The second kappa shape index (κ2) is 6.12. The molecule has 0 aliphatic heterocycles. The average molecular weight is 352 g/mol. The summed E-state index contributed by atoms with van der Waals surface area (Å²) in [6, 6.07) is 3.63. The molecule has 1 aromatic heterocycles. The molecule has 1 N–H and O–H groups in total. The Hall–Kier alpha value is -0.820. The normalized spacial score (nSPS) is 12.2. The van der Waals surface area contributed by atoms with Gasteiger partial charge >= 0.3 is 0 Å². The fraction of sp³-hybridized carbons (Fsp3) is 0.462. The van der Waals surface area contributed by atoms with Gasteiger partial charge in [0.1, 0.15) is 0 Å². The molecule has 0 fully saturated rings. The van der Waals surface area contributed by atoms with Crippen molar-refractivity contribution in [2.75, 3.05) is 5.75 Å². The van der Waals surface area contributed by atoms with Crippen molar-refractivity contribution < 1.29 is 17.5 Å². The summed E-state index contributed by atoms with van der Waals surface area (Å²) >= 11 is 12.1. The summed E-state index contributed by atoms with van der Waals surface area (Å²) in [5.74, 6) is 0.805. The summed E-state index contributed by atoms with van der Waals surface area (Å²) in [4.78, 5) is 0. The molecule has 116 valence electrons. The maximum Gasteiger partial charge on any atom is 0.264 e. The highest BCUT2D eigenvalue weighted by molar-refractivity contribution is 7.85. The van der Waals surface area contributed by atoms with E-state index < -0.39 is 10.1 Å². The summed E-state index contributed by atoms with van der Waals surface area (Å²) in [6.45, 7) is 2.63. The van der Waals surface area contributed by atoms with Gasteiger partial charge in [-0.2, -0.15) is 8.42 Å². The van der Waals surface area contributed by atoms with Gasteiger partial charge in [0.15, 0.2) is 11.0 Å². The number of hydrogen-bond donors (Lipinski definition) is 1. The van der Waals surface area contributed by atoms with Gasteiger partial charge in [0.05, 0.1) is 29.4 Å². The molecule has 8 heteroatoms. The number of unbranched alkanes of at least 4 members (excludes halogenated alkanes) is 1. The third-order valence-corrected chi connectivity index (χ3v) is 5.11. The molecule has 1 aromatic carbocycles. The summed E-state index contributed by atoms with van der Waals surface area (Å²) in [5.41, 5.74) is 1.92. The number of aromatic nitrogens is 2. The minimum Gasteiger partial charge on any atom is -0.286 e. The highest BCUT2D eigenvalue weighted by Crippen LogP contribution is 2.27. The number of imidazole rings is 1. The molecule has 0 aliphatic carbocycles. The summed E-state index contributed by atoms with van der Waals surface area (Å²) in [5, 5.41) is 0.991. The van der Waals surface area contributed by atoms with Crippen LogP contribution in [0, 0.1) is 6.92 Å². The number of rotatable bonds is 5. The fourth-order valence-electron chi connectivity index (χ4n) is 2.38. The fourth-order valence-corrected chi connectivity index (χ4v) is 3.26. The zero-order valence-electron chi connectivity index (χ0n) is 11.8. The zero-order valence-corrected chi connectivity index (χ0v) is 14.1. The SMILES string of the molecule is Cc1n(C)c2cc(Cl)c(Cl)cc2[n+]1CCCCS(=O)(=O)O. The van der Waals surface area contributed by atoms with Gasteiger partial charge in [0.25, 0.3) is 15.9 Å². The second-order valence-corrected chi connectivity index (χ2v) is 7.39. The van der Waals surface area contributed by atoms with Crippen LogP contribution in [0.4, 0.5) is 0 Å². The van der Waals surface area contributed by atoms with E-state index in [2.05, 4.69) is 4.57 Å². The number of fused-ring (bicyclic) bond motifs is 1. The predicted molar refractivity (Wildman–Crippen MR) is 83.5 cm³/mol. The quantitative estimate of drug-likeness (QED) is 0.511. The van der Waals surface area contributed by atoms with E-state index in [4.69, 9.17) is 27.8 Å². The van der Waals surface area contributed by atoms with E-state index in [0.717, 1.165) is 16.9 Å². The lowest BCUT2D eigenvalue weighted by Gasteiger charge is -2.01. The monoisotopic (exact) mass is 351 g/mol. The van der Waals surface area contributed by atoms with Crippen molar-refractivity contribution in [3.8, 4) is 0 Å². The summed E-state index contributed by atoms with van der Waals surface area (Å²) in [6.07, 6.45) is 1.05. The third-order valence-electron chi connectivity index (χ3n) is 3.58. The van der Waals surface area contributed by atoms with Gasteiger partial charge in [-0.3, -0.25) is 4.55 Å². The highest BCUT2D eigenvalue weighted by atomic mass is 35.5. The van der Waals surface area contributed by atoms with Crippen molar-refractivity contribution in [3.63, 3.8) is 0 Å². The number of hydrogen-bond acceptors (Lipinski definition) is 2. The molecule has 2 rings (SSSR count). The Labute approximate surface area is 133 Å².